The number of carbonyl (C=O) groups is 3. The zero-order valence-corrected chi connectivity index (χ0v) is 16.6. The third-order valence-electron chi connectivity index (χ3n) is 3.87. The molecule has 1 aromatic carbocycles. The largest absolute Gasteiger partial charge is 0.493 e. The number of imide groups is 1. The number of amides is 2. The van der Waals surface area contributed by atoms with Crippen molar-refractivity contribution in [3.8, 4) is 11.5 Å². The Morgan fingerprint density at radius 2 is 2.04 bits per heavy atom. The van der Waals surface area contributed by atoms with Crippen molar-refractivity contribution in [1.29, 1.82) is 0 Å². The Kier molecular flexibility index (Phi) is 7.29. The van der Waals surface area contributed by atoms with Crippen molar-refractivity contribution in [2.24, 2.45) is 0 Å². The minimum Gasteiger partial charge on any atom is -0.493 e. The van der Waals surface area contributed by atoms with Crippen molar-refractivity contribution in [2.45, 2.75) is 33.3 Å². The number of nitrogens with zero attached hydrogens (tertiary/aromatic N) is 1. The SMILES string of the molecule is CCOc1c(/C=C2/SC(=O)N(CC(=O)O[C@@H](C)CC)C2=O)cccc1OC. The van der Waals surface area contributed by atoms with Crippen LogP contribution in [0.2, 0.25) is 0 Å². The molecule has 0 bridgehead atoms. The Morgan fingerprint density at radius 1 is 1.30 bits per heavy atom. The van der Waals surface area contributed by atoms with Gasteiger partial charge in [-0.2, -0.15) is 0 Å². The van der Waals surface area contributed by atoms with Gasteiger partial charge in [-0.3, -0.25) is 19.3 Å². The van der Waals surface area contributed by atoms with E-state index in [1.165, 1.54) is 7.11 Å². The van der Waals surface area contributed by atoms with Crippen LogP contribution in [0, 0.1) is 0 Å². The van der Waals surface area contributed by atoms with Gasteiger partial charge in [0.05, 0.1) is 24.7 Å². The van der Waals surface area contributed by atoms with E-state index in [9.17, 15) is 14.4 Å². The standard InChI is InChI=1S/C19H23NO6S/c1-5-12(3)26-16(21)11-20-18(22)15(27-19(20)23)10-13-8-7-9-14(24-4)17(13)25-6-2/h7-10,12H,5-6,11H2,1-4H3/b15-10+/t12-/m0/s1. The summed E-state index contributed by atoms with van der Waals surface area (Å²) in [6.45, 7) is 5.49. The van der Waals surface area contributed by atoms with Crippen LogP contribution in [0.1, 0.15) is 32.8 Å². The minimum atomic E-state index is -0.607. The maximum Gasteiger partial charge on any atom is 0.326 e. The smallest absolute Gasteiger partial charge is 0.326 e. The number of hydrogen-bond donors (Lipinski definition) is 0. The highest BCUT2D eigenvalue weighted by molar-refractivity contribution is 8.18. The van der Waals surface area contributed by atoms with E-state index in [1.807, 2.05) is 13.8 Å². The Balaban J connectivity index is 2.22. The summed E-state index contributed by atoms with van der Waals surface area (Å²) >= 11 is 0.778. The lowest BCUT2D eigenvalue weighted by molar-refractivity contribution is -0.150. The molecule has 0 unspecified atom stereocenters. The molecule has 1 fully saturated rings. The summed E-state index contributed by atoms with van der Waals surface area (Å²) in [6, 6.07) is 5.28. The van der Waals surface area contributed by atoms with Crippen molar-refractivity contribution in [3.63, 3.8) is 0 Å². The summed E-state index contributed by atoms with van der Waals surface area (Å²) < 4.78 is 16.0. The normalized spacial score (nSPS) is 16.6. The molecule has 0 spiro atoms. The molecule has 0 saturated carbocycles. The first-order valence-electron chi connectivity index (χ1n) is 8.65. The fourth-order valence-corrected chi connectivity index (χ4v) is 3.19. The molecule has 1 aromatic rings. The number of methoxy groups -OCH3 is 1. The zero-order valence-electron chi connectivity index (χ0n) is 15.8. The van der Waals surface area contributed by atoms with Crippen LogP contribution in [0.4, 0.5) is 4.79 Å². The molecule has 1 saturated heterocycles. The molecule has 27 heavy (non-hydrogen) atoms. The van der Waals surface area contributed by atoms with Gasteiger partial charge in [0.2, 0.25) is 0 Å². The molecular formula is C19H23NO6S. The minimum absolute atomic E-state index is 0.213. The molecule has 0 aliphatic carbocycles. The molecule has 1 aliphatic heterocycles. The van der Waals surface area contributed by atoms with Gasteiger partial charge < -0.3 is 14.2 Å². The van der Waals surface area contributed by atoms with Crippen molar-refractivity contribution in [3.05, 3.63) is 28.7 Å². The van der Waals surface area contributed by atoms with Crippen LogP contribution in [0.15, 0.2) is 23.1 Å². The lowest BCUT2D eigenvalue weighted by Gasteiger charge is -2.15. The number of thioether (sulfide) groups is 1. The zero-order chi connectivity index (χ0) is 20.0. The van der Waals surface area contributed by atoms with Gasteiger partial charge in [0, 0.05) is 5.56 Å². The molecule has 0 N–H and O–H groups in total. The van der Waals surface area contributed by atoms with Crippen LogP contribution in [0.3, 0.4) is 0 Å². The first-order chi connectivity index (χ1) is 12.9. The van der Waals surface area contributed by atoms with E-state index >= 15 is 0 Å². The molecule has 2 amide bonds. The van der Waals surface area contributed by atoms with Crippen molar-refractivity contribution in [1.82, 2.24) is 4.90 Å². The van der Waals surface area contributed by atoms with E-state index in [0.717, 1.165) is 16.7 Å². The van der Waals surface area contributed by atoms with Crippen LogP contribution in [0.5, 0.6) is 11.5 Å². The molecule has 146 valence electrons. The second kappa shape index (κ2) is 9.45. The monoisotopic (exact) mass is 393 g/mol. The quantitative estimate of drug-likeness (QED) is 0.494. The Bertz CT molecular complexity index is 761. The molecule has 0 aromatic heterocycles. The summed E-state index contributed by atoms with van der Waals surface area (Å²) in [5.74, 6) is -0.118. The van der Waals surface area contributed by atoms with Crippen molar-refractivity contribution in [2.75, 3.05) is 20.3 Å². The third kappa shape index (κ3) is 5.03. The maximum absolute atomic E-state index is 12.6. The van der Waals surface area contributed by atoms with Crippen LogP contribution in [-0.4, -0.2) is 48.4 Å². The van der Waals surface area contributed by atoms with E-state index < -0.39 is 23.7 Å². The molecule has 2 rings (SSSR count). The Morgan fingerprint density at radius 3 is 2.67 bits per heavy atom. The van der Waals surface area contributed by atoms with E-state index in [4.69, 9.17) is 14.2 Å². The van der Waals surface area contributed by atoms with Gasteiger partial charge >= 0.3 is 5.97 Å². The maximum atomic E-state index is 12.6. The van der Waals surface area contributed by atoms with Gasteiger partial charge in [-0.15, -0.1) is 0 Å². The summed E-state index contributed by atoms with van der Waals surface area (Å²) in [7, 11) is 1.53. The fourth-order valence-electron chi connectivity index (χ4n) is 2.36. The Labute approximate surface area is 162 Å². The van der Waals surface area contributed by atoms with E-state index in [-0.39, 0.29) is 11.0 Å². The van der Waals surface area contributed by atoms with Gasteiger partial charge in [-0.05, 0) is 44.2 Å². The highest BCUT2D eigenvalue weighted by Crippen LogP contribution is 2.37. The molecule has 1 heterocycles. The molecule has 1 atom stereocenters. The van der Waals surface area contributed by atoms with Crippen LogP contribution < -0.4 is 9.47 Å². The second-order valence-electron chi connectivity index (χ2n) is 5.79. The predicted molar refractivity (Wildman–Crippen MR) is 103 cm³/mol. The summed E-state index contributed by atoms with van der Waals surface area (Å²) in [5, 5.41) is -0.506. The van der Waals surface area contributed by atoms with Crippen LogP contribution in [-0.2, 0) is 14.3 Å². The van der Waals surface area contributed by atoms with Crippen molar-refractivity contribution >= 4 is 35.0 Å². The number of para-hydroxylation sites is 1. The first-order valence-corrected chi connectivity index (χ1v) is 9.47. The fraction of sp³-hybridized carbons (Fsp3) is 0.421. The number of esters is 1. The predicted octanol–water partition coefficient (Wildman–Crippen LogP) is 3.47. The average molecular weight is 393 g/mol. The number of carbonyl (C=O) groups excluding carboxylic acids is 3. The molecule has 1 aliphatic rings. The summed E-state index contributed by atoms with van der Waals surface area (Å²) in [6.07, 6.45) is 1.96. The lowest BCUT2D eigenvalue weighted by atomic mass is 10.1. The van der Waals surface area contributed by atoms with Gasteiger partial charge in [0.25, 0.3) is 11.1 Å². The lowest BCUT2D eigenvalue weighted by Crippen LogP contribution is -2.35. The van der Waals surface area contributed by atoms with Gasteiger partial charge in [0.1, 0.15) is 6.54 Å². The molecule has 7 nitrogen and oxygen atoms in total. The van der Waals surface area contributed by atoms with Gasteiger partial charge in [-0.25, -0.2) is 0 Å². The Hall–Kier alpha value is -2.48. The molecule has 0 radical (unpaired) electrons. The second-order valence-corrected chi connectivity index (χ2v) is 6.78. The summed E-state index contributed by atoms with van der Waals surface area (Å²) in [5.41, 5.74) is 0.615. The number of hydrogen-bond acceptors (Lipinski definition) is 7. The van der Waals surface area contributed by atoms with Gasteiger partial charge in [0.15, 0.2) is 11.5 Å². The van der Waals surface area contributed by atoms with E-state index in [2.05, 4.69) is 0 Å². The van der Waals surface area contributed by atoms with Gasteiger partial charge in [-0.1, -0.05) is 19.1 Å². The van der Waals surface area contributed by atoms with E-state index in [0.29, 0.717) is 30.1 Å². The first kappa shape index (κ1) is 20.8. The van der Waals surface area contributed by atoms with Crippen LogP contribution in [0.25, 0.3) is 6.08 Å². The summed E-state index contributed by atoms with van der Waals surface area (Å²) in [4.78, 5) is 37.8. The van der Waals surface area contributed by atoms with Crippen LogP contribution >= 0.6 is 11.8 Å². The van der Waals surface area contributed by atoms with E-state index in [1.54, 1.807) is 31.2 Å². The number of rotatable bonds is 8. The third-order valence-corrected chi connectivity index (χ3v) is 4.78. The van der Waals surface area contributed by atoms with Crippen molar-refractivity contribution < 1.29 is 28.6 Å². The number of ether oxygens (including phenoxy) is 3. The average Bonchev–Trinajstić information content (AvgIpc) is 2.90. The number of benzene rings is 1. The highest BCUT2D eigenvalue weighted by atomic mass is 32.2. The topological polar surface area (TPSA) is 82.1 Å². The highest BCUT2D eigenvalue weighted by Gasteiger charge is 2.37. The molecule has 8 heteroatoms. The molecular weight excluding hydrogens is 370 g/mol.